The molecule has 2 N–H and O–H groups in total. The molecule has 0 saturated heterocycles. The van der Waals surface area contributed by atoms with Gasteiger partial charge in [-0.1, -0.05) is 36.4 Å². The number of hydrogen-bond donors (Lipinski definition) is 1. The van der Waals surface area contributed by atoms with Crippen LogP contribution < -0.4 is 5.73 Å². The van der Waals surface area contributed by atoms with Gasteiger partial charge in [0.2, 0.25) is 0 Å². The Labute approximate surface area is 146 Å². The molecule has 0 radical (unpaired) electrons. The number of hydrogen-bond acceptors (Lipinski definition) is 3. The van der Waals surface area contributed by atoms with Crippen molar-refractivity contribution in [3.63, 3.8) is 0 Å². The lowest BCUT2D eigenvalue weighted by Gasteiger charge is -2.33. The van der Waals surface area contributed by atoms with Crippen LogP contribution in [-0.2, 0) is 6.54 Å². The van der Waals surface area contributed by atoms with E-state index in [0.717, 1.165) is 22.3 Å². The van der Waals surface area contributed by atoms with Crippen molar-refractivity contribution in [1.29, 1.82) is 0 Å². The van der Waals surface area contributed by atoms with Crippen molar-refractivity contribution in [1.82, 2.24) is 9.88 Å². The predicted molar refractivity (Wildman–Crippen MR) is 97.8 cm³/mol. The maximum atomic E-state index is 12.9. The average molecular weight is 329 g/mol. The Morgan fingerprint density at radius 3 is 2.40 bits per heavy atom. The minimum absolute atomic E-state index is 0.0197. The zero-order valence-electron chi connectivity index (χ0n) is 13.8. The molecule has 0 saturated carbocycles. The maximum Gasteiger partial charge on any atom is 0.254 e. The molecular weight excluding hydrogens is 310 g/mol. The molecule has 1 amide bonds. The number of amides is 1. The number of nitrogens with zero attached hydrogens (tertiary/aromatic N) is 2. The van der Waals surface area contributed by atoms with Gasteiger partial charge in [0.1, 0.15) is 0 Å². The first-order valence-corrected chi connectivity index (χ1v) is 8.35. The van der Waals surface area contributed by atoms with Crippen LogP contribution in [0.1, 0.15) is 27.5 Å². The number of benzene rings is 2. The summed E-state index contributed by atoms with van der Waals surface area (Å²) in [6.07, 6.45) is 3.53. The number of carbonyl (C=O) groups excluding carboxylic acids is 1. The fraction of sp³-hybridized carbons (Fsp3) is 0.143. The van der Waals surface area contributed by atoms with Gasteiger partial charge in [0.25, 0.3) is 5.91 Å². The fourth-order valence-corrected chi connectivity index (χ4v) is 3.33. The van der Waals surface area contributed by atoms with Crippen LogP contribution in [0.5, 0.6) is 0 Å². The Hall–Kier alpha value is -2.98. The van der Waals surface area contributed by atoms with Crippen LogP contribution in [-0.4, -0.2) is 22.3 Å². The van der Waals surface area contributed by atoms with E-state index in [1.54, 1.807) is 12.4 Å². The molecule has 2 heterocycles. The van der Waals surface area contributed by atoms with Gasteiger partial charge >= 0.3 is 0 Å². The highest BCUT2D eigenvalue weighted by Crippen LogP contribution is 2.26. The topological polar surface area (TPSA) is 59.2 Å². The van der Waals surface area contributed by atoms with E-state index in [0.29, 0.717) is 18.7 Å². The summed E-state index contributed by atoms with van der Waals surface area (Å²) < 4.78 is 0. The third kappa shape index (κ3) is 3.04. The van der Waals surface area contributed by atoms with Crippen LogP contribution in [0.15, 0.2) is 73.1 Å². The Morgan fingerprint density at radius 1 is 0.960 bits per heavy atom. The van der Waals surface area contributed by atoms with E-state index >= 15 is 0 Å². The van der Waals surface area contributed by atoms with E-state index in [1.807, 2.05) is 65.6 Å². The van der Waals surface area contributed by atoms with Gasteiger partial charge in [-0.05, 0) is 46.5 Å². The molecule has 1 aromatic heterocycles. The highest BCUT2D eigenvalue weighted by Gasteiger charge is 2.26. The van der Waals surface area contributed by atoms with Gasteiger partial charge in [0.05, 0.1) is 0 Å². The minimum atomic E-state index is -0.134. The fourth-order valence-electron chi connectivity index (χ4n) is 3.33. The molecule has 0 bridgehead atoms. The summed E-state index contributed by atoms with van der Waals surface area (Å²) >= 11 is 0. The molecule has 0 spiro atoms. The summed E-state index contributed by atoms with van der Waals surface area (Å²) in [6, 6.07) is 19.6. The first-order chi connectivity index (χ1) is 12.2. The van der Waals surface area contributed by atoms with Crippen LogP contribution in [0.3, 0.4) is 0 Å². The van der Waals surface area contributed by atoms with Crippen molar-refractivity contribution in [3.8, 4) is 11.1 Å². The summed E-state index contributed by atoms with van der Waals surface area (Å²) in [5.74, 6) is 0.0197. The number of rotatable bonds is 2. The minimum Gasteiger partial charge on any atom is -0.332 e. The van der Waals surface area contributed by atoms with Gasteiger partial charge < -0.3 is 10.6 Å². The van der Waals surface area contributed by atoms with E-state index in [-0.39, 0.29) is 11.9 Å². The molecule has 25 heavy (non-hydrogen) atoms. The number of carbonyl (C=O) groups is 1. The first-order valence-electron chi connectivity index (χ1n) is 8.35. The molecule has 4 nitrogen and oxygen atoms in total. The summed E-state index contributed by atoms with van der Waals surface area (Å²) in [5.41, 5.74) is 11.4. The maximum absolute atomic E-state index is 12.9. The first kappa shape index (κ1) is 15.5. The number of pyridine rings is 1. The molecule has 1 unspecified atom stereocenters. The second-order valence-electron chi connectivity index (χ2n) is 6.30. The van der Waals surface area contributed by atoms with E-state index in [2.05, 4.69) is 4.98 Å². The SMILES string of the molecule is NC1CN(C(=O)c2ccc(-c3ccncc3)cc2)Cc2ccccc21. The molecule has 1 atom stereocenters. The normalized spacial score (nSPS) is 16.4. The molecule has 3 aromatic rings. The van der Waals surface area contributed by atoms with E-state index < -0.39 is 0 Å². The molecule has 4 heteroatoms. The lowest BCUT2D eigenvalue weighted by molar-refractivity contribution is 0.0718. The molecule has 1 aliphatic heterocycles. The molecule has 4 rings (SSSR count). The lowest BCUT2D eigenvalue weighted by Crippen LogP contribution is -2.40. The molecular formula is C21H19N3O. The number of nitrogens with two attached hydrogens (primary N) is 1. The Kier molecular flexibility index (Phi) is 4.04. The van der Waals surface area contributed by atoms with Gasteiger partial charge in [0.15, 0.2) is 0 Å². The van der Waals surface area contributed by atoms with Gasteiger partial charge in [-0.15, -0.1) is 0 Å². The van der Waals surface area contributed by atoms with Crippen LogP contribution >= 0.6 is 0 Å². The van der Waals surface area contributed by atoms with Crippen molar-refractivity contribution < 1.29 is 4.79 Å². The van der Waals surface area contributed by atoms with Crippen LogP contribution in [0.25, 0.3) is 11.1 Å². The zero-order valence-corrected chi connectivity index (χ0v) is 13.8. The number of aromatic nitrogens is 1. The van der Waals surface area contributed by atoms with Crippen molar-refractivity contribution in [2.75, 3.05) is 6.54 Å². The molecule has 2 aromatic carbocycles. The van der Waals surface area contributed by atoms with Crippen molar-refractivity contribution in [2.24, 2.45) is 5.73 Å². The predicted octanol–water partition coefficient (Wildman–Crippen LogP) is 3.40. The van der Waals surface area contributed by atoms with E-state index in [1.165, 1.54) is 0 Å². The monoisotopic (exact) mass is 329 g/mol. The van der Waals surface area contributed by atoms with E-state index in [4.69, 9.17) is 5.73 Å². The Morgan fingerprint density at radius 2 is 1.64 bits per heavy atom. The second-order valence-corrected chi connectivity index (χ2v) is 6.30. The number of fused-ring (bicyclic) bond motifs is 1. The summed E-state index contributed by atoms with van der Waals surface area (Å²) in [6.45, 7) is 1.15. The molecule has 1 aliphatic rings. The quantitative estimate of drug-likeness (QED) is 0.784. The van der Waals surface area contributed by atoms with Crippen molar-refractivity contribution >= 4 is 5.91 Å². The zero-order chi connectivity index (χ0) is 17.2. The smallest absolute Gasteiger partial charge is 0.254 e. The Balaban J connectivity index is 1.56. The summed E-state index contributed by atoms with van der Waals surface area (Å²) in [7, 11) is 0. The molecule has 0 aliphatic carbocycles. The van der Waals surface area contributed by atoms with E-state index in [9.17, 15) is 4.79 Å². The van der Waals surface area contributed by atoms with Gasteiger partial charge in [-0.2, -0.15) is 0 Å². The lowest BCUT2D eigenvalue weighted by atomic mass is 9.95. The summed E-state index contributed by atoms with van der Waals surface area (Å²) in [5, 5.41) is 0. The van der Waals surface area contributed by atoms with Crippen LogP contribution in [0, 0.1) is 0 Å². The summed E-state index contributed by atoms with van der Waals surface area (Å²) in [4.78, 5) is 18.7. The van der Waals surface area contributed by atoms with Gasteiger partial charge in [-0.25, -0.2) is 0 Å². The standard InChI is InChI=1S/C21H19N3O/c22-20-14-24(13-18-3-1-2-4-19(18)20)21(25)17-7-5-15(6-8-17)16-9-11-23-12-10-16/h1-12,20H,13-14,22H2. The third-order valence-corrected chi connectivity index (χ3v) is 4.67. The largest absolute Gasteiger partial charge is 0.332 e. The van der Waals surface area contributed by atoms with Crippen molar-refractivity contribution in [2.45, 2.75) is 12.6 Å². The average Bonchev–Trinajstić information content (AvgIpc) is 2.68. The van der Waals surface area contributed by atoms with Gasteiger partial charge in [-0.3, -0.25) is 9.78 Å². The third-order valence-electron chi connectivity index (χ3n) is 4.67. The molecule has 0 fully saturated rings. The second kappa shape index (κ2) is 6.49. The van der Waals surface area contributed by atoms with Crippen LogP contribution in [0.2, 0.25) is 0 Å². The van der Waals surface area contributed by atoms with Crippen LogP contribution in [0.4, 0.5) is 0 Å². The highest BCUT2D eigenvalue weighted by atomic mass is 16.2. The Bertz CT molecular complexity index is 891. The molecule has 124 valence electrons. The van der Waals surface area contributed by atoms with Gasteiger partial charge in [0, 0.05) is 37.1 Å². The highest BCUT2D eigenvalue weighted by molar-refractivity contribution is 5.95. The van der Waals surface area contributed by atoms with Crippen molar-refractivity contribution in [3.05, 3.63) is 89.7 Å².